The fraction of sp³-hybridized carbons (Fsp3) is 0.385. The van der Waals surface area contributed by atoms with E-state index in [9.17, 15) is 15.2 Å². The Morgan fingerprint density at radius 3 is 3.00 bits per heavy atom. The molecule has 0 bridgehead atoms. The topological polar surface area (TPSA) is 91.2 Å². The van der Waals surface area contributed by atoms with E-state index in [1.807, 2.05) is 0 Å². The highest BCUT2D eigenvalue weighted by atomic mass is 16.6. The van der Waals surface area contributed by atoms with E-state index in [4.69, 9.17) is 0 Å². The molecule has 0 amide bonds. The number of fused-ring (bicyclic) bond motifs is 1. The van der Waals surface area contributed by atoms with Crippen LogP contribution in [0.4, 0.5) is 5.69 Å². The van der Waals surface area contributed by atoms with Crippen molar-refractivity contribution >= 4 is 16.6 Å². The first-order valence-electron chi connectivity index (χ1n) is 6.33. The Morgan fingerprint density at radius 2 is 2.32 bits per heavy atom. The van der Waals surface area contributed by atoms with Crippen LogP contribution in [0.1, 0.15) is 24.5 Å². The lowest BCUT2D eigenvalue weighted by molar-refractivity contribution is -0.384. The number of aromatic nitrogens is 1. The van der Waals surface area contributed by atoms with Gasteiger partial charge in [0.15, 0.2) is 0 Å². The first kappa shape index (κ1) is 12.1. The number of non-ortho nitro benzene ring substituents is 1. The molecule has 6 nitrogen and oxygen atoms in total. The molecule has 100 valence electrons. The molecular formula is C13H15N3O3. The number of rotatable bonds is 3. The predicted molar refractivity (Wildman–Crippen MR) is 70.9 cm³/mol. The van der Waals surface area contributed by atoms with Gasteiger partial charge in [-0.15, -0.1) is 0 Å². The molecule has 0 saturated carbocycles. The molecule has 6 heteroatoms. The first-order valence-corrected chi connectivity index (χ1v) is 6.33. The van der Waals surface area contributed by atoms with Crippen molar-refractivity contribution in [2.45, 2.75) is 25.0 Å². The minimum atomic E-state index is -0.585. The van der Waals surface area contributed by atoms with Gasteiger partial charge in [-0.25, -0.2) is 0 Å². The maximum Gasteiger partial charge on any atom is 0.271 e. The zero-order valence-electron chi connectivity index (χ0n) is 10.3. The van der Waals surface area contributed by atoms with Crippen LogP contribution < -0.4 is 5.32 Å². The highest BCUT2D eigenvalue weighted by Gasteiger charge is 2.26. The molecule has 0 radical (unpaired) electrons. The number of nitro benzene ring substituents is 1. The number of H-pyrrole nitrogens is 1. The Morgan fingerprint density at radius 1 is 1.47 bits per heavy atom. The van der Waals surface area contributed by atoms with Gasteiger partial charge in [-0.05, 0) is 25.5 Å². The number of aliphatic hydroxyl groups excluding tert-OH is 1. The maximum atomic E-state index is 10.7. The molecule has 2 unspecified atom stereocenters. The summed E-state index contributed by atoms with van der Waals surface area (Å²) >= 11 is 0. The van der Waals surface area contributed by atoms with E-state index in [0.717, 1.165) is 30.3 Å². The van der Waals surface area contributed by atoms with Crippen molar-refractivity contribution in [3.8, 4) is 0 Å². The number of nitrogens with one attached hydrogen (secondary N) is 2. The Kier molecular flexibility index (Phi) is 2.96. The smallest absolute Gasteiger partial charge is 0.271 e. The minimum Gasteiger partial charge on any atom is -0.387 e. The van der Waals surface area contributed by atoms with Gasteiger partial charge in [-0.1, -0.05) is 0 Å². The highest BCUT2D eigenvalue weighted by molar-refractivity contribution is 5.85. The number of benzene rings is 1. The van der Waals surface area contributed by atoms with Crippen LogP contribution in [0, 0.1) is 10.1 Å². The predicted octanol–water partition coefficient (Wildman–Crippen LogP) is 1.86. The first-order chi connectivity index (χ1) is 9.16. The summed E-state index contributed by atoms with van der Waals surface area (Å²) in [4.78, 5) is 13.3. The Labute approximate surface area is 109 Å². The van der Waals surface area contributed by atoms with Crippen LogP contribution in [0.3, 0.4) is 0 Å². The summed E-state index contributed by atoms with van der Waals surface area (Å²) in [6, 6.07) is 4.72. The van der Waals surface area contributed by atoms with Crippen molar-refractivity contribution in [1.82, 2.24) is 10.3 Å². The van der Waals surface area contributed by atoms with Gasteiger partial charge < -0.3 is 15.4 Å². The van der Waals surface area contributed by atoms with Gasteiger partial charge in [0.25, 0.3) is 5.69 Å². The second-order valence-electron chi connectivity index (χ2n) is 4.88. The van der Waals surface area contributed by atoms with E-state index in [1.54, 1.807) is 12.3 Å². The zero-order valence-corrected chi connectivity index (χ0v) is 10.3. The molecule has 3 rings (SSSR count). The maximum absolute atomic E-state index is 10.7. The lowest BCUT2D eigenvalue weighted by Gasteiger charge is -2.17. The summed E-state index contributed by atoms with van der Waals surface area (Å²) in [5.74, 6) is 0. The van der Waals surface area contributed by atoms with Gasteiger partial charge in [0.2, 0.25) is 0 Å². The van der Waals surface area contributed by atoms with Gasteiger partial charge in [-0.2, -0.15) is 0 Å². The average molecular weight is 261 g/mol. The largest absolute Gasteiger partial charge is 0.387 e. The summed E-state index contributed by atoms with van der Waals surface area (Å²) in [6.07, 6.45) is 3.16. The van der Waals surface area contributed by atoms with Crippen molar-refractivity contribution in [1.29, 1.82) is 0 Å². The number of hydrogen-bond acceptors (Lipinski definition) is 4. The van der Waals surface area contributed by atoms with Gasteiger partial charge in [0.05, 0.1) is 16.5 Å². The van der Waals surface area contributed by atoms with Crippen LogP contribution in [0.25, 0.3) is 10.9 Å². The van der Waals surface area contributed by atoms with Gasteiger partial charge in [0, 0.05) is 35.3 Å². The average Bonchev–Trinajstić information content (AvgIpc) is 3.06. The van der Waals surface area contributed by atoms with Crippen molar-refractivity contribution in [2.75, 3.05) is 6.54 Å². The molecule has 3 N–H and O–H groups in total. The second kappa shape index (κ2) is 4.64. The third-order valence-corrected chi connectivity index (χ3v) is 3.71. The van der Waals surface area contributed by atoms with E-state index in [0.29, 0.717) is 5.52 Å². The molecule has 19 heavy (non-hydrogen) atoms. The quantitative estimate of drug-likeness (QED) is 0.581. The Hall–Kier alpha value is -1.92. The van der Waals surface area contributed by atoms with Crippen LogP contribution >= 0.6 is 0 Å². The molecular weight excluding hydrogens is 246 g/mol. The van der Waals surface area contributed by atoms with Gasteiger partial charge >= 0.3 is 0 Å². The number of aliphatic hydroxyl groups is 1. The molecule has 1 aliphatic rings. The lowest BCUT2D eigenvalue weighted by Crippen LogP contribution is -2.28. The standard InChI is InChI=1S/C13H15N3O3/c17-13(11-2-1-5-14-11)10-7-15-12-6-8(16(18)19)3-4-9(10)12/h3-4,6-7,11,13-15,17H,1-2,5H2. The molecule has 1 aromatic carbocycles. The zero-order chi connectivity index (χ0) is 13.4. The van der Waals surface area contributed by atoms with Gasteiger partial charge in [0.1, 0.15) is 0 Å². The summed E-state index contributed by atoms with van der Waals surface area (Å²) < 4.78 is 0. The second-order valence-corrected chi connectivity index (χ2v) is 4.88. The lowest BCUT2D eigenvalue weighted by atomic mass is 10.0. The summed E-state index contributed by atoms with van der Waals surface area (Å²) in [6.45, 7) is 0.926. The van der Waals surface area contributed by atoms with Crippen LogP contribution in [0.2, 0.25) is 0 Å². The van der Waals surface area contributed by atoms with E-state index >= 15 is 0 Å². The number of nitro groups is 1. The molecule has 2 atom stereocenters. The van der Waals surface area contributed by atoms with Crippen molar-refractivity contribution in [3.63, 3.8) is 0 Å². The van der Waals surface area contributed by atoms with Crippen molar-refractivity contribution in [2.24, 2.45) is 0 Å². The van der Waals surface area contributed by atoms with Crippen molar-refractivity contribution < 1.29 is 10.0 Å². The Balaban J connectivity index is 1.98. The molecule has 0 aliphatic carbocycles. The number of nitrogens with zero attached hydrogens (tertiary/aromatic N) is 1. The normalized spacial score (nSPS) is 20.8. The van der Waals surface area contributed by atoms with Crippen LogP contribution in [0.5, 0.6) is 0 Å². The third-order valence-electron chi connectivity index (χ3n) is 3.71. The van der Waals surface area contributed by atoms with E-state index in [2.05, 4.69) is 10.3 Å². The van der Waals surface area contributed by atoms with E-state index in [1.165, 1.54) is 12.1 Å². The third kappa shape index (κ3) is 2.09. The van der Waals surface area contributed by atoms with Crippen LogP contribution in [0.15, 0.2) is 24.4 Å². The van der Waals surface area contributed by atoms with Crippen LogP contribution in [-0.2, 0) is 0 Å². The monoisotopic (exact) mass is 261 g/mol. The summed E-state index contributed by atoms with van der Waals surface area (Å²) in [5.41, 5.74) is 1.53. The number of hydrogen-bond donors (Lipinski definition) is 3. The molecule has 1 aromatic heterocycles. The van der Waals surface area contributed by atoms with Gasteiger partial charge in [-0.3, -0.25) is 10.1 Å². The van der Waals surface area contributed by atoms with Crippen LogP contribution in [-0.4, -0.2) is 27.6 Å². The highest BCUT2D eigenvalue weighted by Crippen LogP contribution is 2.30. The fourth-order valence-electron chi connectivity index (χ4n) is 2.69. The molecule has 1 aliphatic heterocycles. The molecule has 0 spiro atoms. The summed E-state index contributed by atoms with van der Waals surface area (Å²) in [5, 5.41) is 25.2. The SMILES string of the molecule is O=[N+]([O-])c1ccc2c(C(O)C3CCCN3)c[nH]c2c1. The number of aromatic amines is 1. The van der Waals surface area contributed by atoms with E-state index < -0.39 is 11.0 Å². The summed E-state index contributed by atoms with van der Waals surface area (Å²) in [7, 11) is 0. The molecule has 2 aromatic rings. The minimum absolute atomic E-state index is 0.0504. The van der Waals surface area contributed by atoms with Crippen molar-refractivity contribution in [3.05, 3.63) is 40.1 Å². The molecule has 1 saturated heterocycles. The molecule has 1 fully saturated rings. The molecule has 2 heterocycles. The van der Waals surface area contributed by atoms with E-state index in [-0.39, 0.29) is 11.7 Å². The fourth-order valence-corrected chi connectivity index (χ4v) is 2.69. The Bertz CT molecular complexity index is 617.